The molecule has 25 heavy (non-hydrogen) atoms. The Labute approximate surface area is 147 Å². The van der Waals surface area contributed by atoms with Gasteiger partial charge in [0.05, 0.1) is 18.4 Å². The number of hydrogen-bond donors (Lipinski definition) is 2. The van der Waals surface area contributed by atoms with Gasteiger partial charge in [-0.15, -0.1) is 0 Å². The molecule has 0 atom stereocenters. The summed E-state index contributed by atoms with van der Waals surface area (Å²) >= 11 is 0. The summed E-state index contributed by atoms with van der Waals surface area (Å²) in [5.41, 5.74) is 1.72. The van der Waals surface area contributed by atoms with E-state index in [9.17, 15) is 9.59 Å². The van der Waals surface area contributed by atoms with Crippen LogP contribution in [0.4, 0.5) is 5.69 Å². The number of carbonyl (C=O) groups is 2. The number of amides is 2. The second kappa shape index (κ2) is 9.27. The summed E-state index contributed by atoms with van der Waals surface area (Å²) in [4.78, 5) is 24.4. The summed E-state index contributed by atoms with van der Waals surface area (Å²) in [6.07, 6.45) is 3.94. The van der Waals surface area contributed by atoms with Gasteiger partial charge < -0.3 is 15.4 Å². The van der Waals surface area contributed by atoms with E-state index in [1.54, 1.807) is 37.5 Å². The molecular formula is C20H22N2O3. The van der Waals surface area contributed by atoms with Crippen LogP contribution in [-0.2, 0) is 4.79 Å². The summed E-state index contributed by atoms with van der Waals surface area (Å²) in [5, 5.41) is 5.56. The zero-order valence-electron chi connectivity index (χ0n) is 14.4. The summed E-state index contributed by atoms with van der Waals surface area (Å²) in [7, 11) is 1.58. The molecular weight excluding hydrogens is 316 g/mol. The third-order valence-corrected chi connectivity index (χ3v) is 3.52. The smallest absolute Gasteiger partial charge is 0.253 e. The van der Waals surface area contributed by atoms with E-state index < -0.39 is 0 Å². The highest BCUT2D eigenvalue weighted by Crippen LogP contribution is 2.19. The third-order valence-electron chi connectivity index (χ3n) is 3.52. The van der Waals surface area contributed by atoms with Crippen molar-refractivity contribution in [2.24, 2.45) is 0 Å². The molecule has 0 saturated heterocycles. The SMILES string of the molecule is CCCNC(=O)c1ccccc1NC(=O)/C=C/c1ccccc1OC. The lowest BCUT2D eigenvalue weighted by Gasteiger charge is -2.10. The van der Waals surface area contributed by atoms with Gasteiger partial charge in [0.15, 0.2) is 0 Å². The monoisotopic (exact) mass is 338 g/mol. The molecule has 0 radical (unpaired) electrons. The molecule has 0 heterocycles. The molecule has 0 aromatic heterocycles. The lowest BCUT2D eigenvalue weighted by molar-refractivity contribution is -0.111. The molecule has 2 rings (SSSR count). The van der Waals surface area contributed by atoms with Crippen molar-refractivity contribution in [2.75, 3.05) is 19.0 Å². The summed E-state index contributed by atoms with van der Waals surface area (Å²) in [5.74, 6) is 0.166. The van der Waals surface area contributed by atoms with E-state index >= 15 is 0 Å². The average Bonchev–Trinajstić information content (AvgIpc) is 2.65. The van der Waals surface area contributed by atoms with E-state index in [1.165, 1.54) is 6.08 Å². The minimum Gasteiger partial charge on any atom is -0.496 e. The Balaban J connectivity index is 2.10. The molecule has 0 unspecified atom stereocenters. The Morgan fingerprint density at radius 1 is 1.08 bits per heavy atom. The molecule has 0 fully saturated rings. The van der Waals surface area contributed by atoms with Crippen molar-refractivity contribution in [3.63, 3.8) is 0 Å². The van der Waals surface area contributed by atoms with Crippen LogP contribution in [0.3, 0.4) is 0 Å². The Kier molecular flexibility index (Phi) is 6.77. The molecule has 130 valence electrons. The van der Waals surface area contributed by atoms with Crippen molar-refractivity contribution < 1.29 is 14.3 Å². The van der Waals surface area contributed by atoms with Crippen LogP contribution in [0, 0.1) is 0 Å². The van der Waals surface area contributed by atoms with Crippen molar-refractivity contribution in [1.82, 2.24) is 5.32 Å². The standard InChI is InChI=1S/C20H22N2O3/c1-3-14-21-20(24)16-9-5-6-10-17(16)22-19(23)13-12-15-8-4-7-11-18(15)25-2/h4-13H,3,14H2,1-2H3,(H,21,24)(H,22,23)/b13-12+. The molecule has 2 amide bonds. The lowest BCUT2D eigenvalue weighted by atomic mass is 10.1. The minimum atomic E-state index is -0.318. The van der Waals surface area contributed by atoms with Crippen molar-refractivity contribution in [3.8, 4) is 5.75 Å². The number of rotatable bonds is 7. The Hall–Kier alpha value is -3.08. The van der Waals surface area contributed by atoms with E-state index in [1.807, 2.05) is 31.2 Å². The van der Waals surface area contributed by atoms with Crippen LogP contribution in [0.15, 0.2) is 54.6 Å². The van der Waals surface area contributed by atoms with Crippen LogP contribution in [-0.4, -0.2) is 25.5 Å². The largest absolute Gasteiger partial charge is 0.496 e. The highest BCUT2D eigenvalue weighted by molar-refractivity contribution is 6.07. The van der Waals surface area contributed by atoms with Crippen LogP contribution in [0.1, 0.15) is 29.3 Å². The van der Waals surface area contributed by atoms with E-state index in [0.29, 0.717) is 23.5 Å². The fourth-order valence-electron chi connectivity index (χ4n) is 2.27. The van der Waals surface area contributed by atoms with Crippen LogP contribution >= 0.6 is 0 Å². The topological polar surface area (TPSA) is 67.4 Å². The average molecular weight is 338 g/mol. The molecule has 2 aromatic carbocycles. The fourth-order valence-corrected chi connectivity index (χ4v) is 2.27. The molecule has 0 aliphatic heterocycles. The first-order chi connectivity index (χ1) is 12.2. The summed E-state index contributed by atoms with van der Waals surface area (Å²) < 4.78 is 5.25. The third kappa shape index (κ3) is 5.21. The van der Waals surface area contributed by atoms with E-state index in [-0.39, 0.29) is 11.8 Å². The Bertz CT molecular complexity index is 769. The highest BCUT2D eigenvalue weighted by atomic mass is 16.5. The van der Waals surface area contributed by atoms with Crippen LogP contribution < -0.4 is 15.4 Å². The van der Waals surface area contributed by atoms with Gasteiger partial charge >= 0.3 is 0 Å². The molecule has 2 N–H and O–H groups in total. The van der Waals surface area contributed by atoms with Crippen LogP contribution in [0.5, 0.6) is 5.75 Å². The number of ether oxygens (including phenoxy) is 1. The summed E-state index contributed by atoms with van der Waals surface area (Å²) in [6, 6.07) is 14.3. The van der Waals surface area contributed by atoms with Crippen molar-refractivity contribution in [3.05, 3.63) is 65.7 Å². The quantitative estimate of drug-likeness (QED) is 0.760. The van der Waals surface area contributed by atoms with Crippen molar-refractivity contribution in [2.45, 2.75) is 13.3 Å². The van der Waals surface area contributed by atoms with E-state index in [2.05, 4.69) is 10.6 Å². The van der Waals surface area contributed by atoms with Gasteiger partial charge in [0.2, 0.25) is 5.91 Å². The second-order valence-electron chi connectivity index (χ2n) is 5.37. The Morgan fingerprint density at radius 3 is 2.56 bits per heavy atom. The van der Waals surface area contributed by atoms with E-state index in [0.717, 1.165) is 12.0 Å². The molecule has 0 saturated carbocycles. The zero-order chi connectivity index (χ0) is 18.1. The molecule has 0 bridgehead atoms. The second-order valence-corrected chi connectivity index (χ2v) is 5.37. The number of methoxy groups -OCH3 is 1. The van der Waals surface area contributed by atoms with Crippen LogP contribution in [0.2, 0.25) is 0 Å². The highest BCUT2D eigenvalue weighted by Gasteiger charge is 2.11. The number of carbonyl (C=O) groups excluding carboxylic acids is 2. The minimum absolute atomic E-state index is 0.202. The van der Waals surface area contributed by atoms with Gasteiger partial charge in [-0.25, -0.2) is 0 Å². The van der Waals surface area contributed by atoms with Gasteiger partial charge in [-0.3, -0.25) is 9.59 Å². The fraction of sp³-hybridized carbons (Fsp3) is 0.200. The maximum atomic E-state index is 12.2. The number of anilines is 1. The lowest BCUT2D eigenvalue weighted by Crippen LogP contribution is -2.25. The first-order valence-electron chi connectivity index (χ1n) is 8.15. The number of nitrogens with one attached hydrogen (secondary N) is 2. The molecule has 0 spiro atoms. The molecule has 5 heteroatoms. The number of benzene rings is 2. The first-order valence-corrected chi connectivity index (χ1v) is 8.15. The van der Waals surface area contributed by atoms with Gasteiger partial charge in [0, 0.05) is 18.2 Å². The van der Waals surface area contributed by atoms with Gasteiger partial charge in [-0.2, -0.15) is 0 Å². The van der Waals surface area contributed by atoms with Crippen molar-refractivity contribution >= 4 is 23.6 Å². The molecule has 2 aromatic rings. The Morgan fingerprint density at radius 2 is 1.80 bits per heavy atom. The van der Waals surface area contributed by atoms with Gasteiger partial charge in [0.1, 0.15) is 5.75 Å². The predicted octanol–water partition coefficient (Wildman–Crippen LogP) is 3.49. The van der Waals surface area contributed by atoms with Gasteiger partial charge in [0.25, 0.3) is 5.91 Å². The first kappa shape index (κ1) is 18.3. The molecule has 0 aliphatic carbocycles. The van der Waals surface area contributed by atoms with Gasteiger partial charge in [-0.1, -0.05) is 37.3 Å². The van der Waals surface area contributed by atoms with Gasteiger partial charge in [-0.05, 0) is 30.7 Å². The van der Waals surface area contributed by atoms with Crippen molar-refractivity contribution in [1.29, 1.82) is 0 Å². The maximum absolute atomic E-state index is 12.2. The predicted molar refractivity (Wildman–Crippen MR) is 99.7 cm³/mol. The summed E-state index contributed by atoms with van der Waals surface area (Å²) in [6.45, 7) is 2.57. The molecule has 0 aliphatic rings. The van der Waals surface area contributed by atoms with Crippen LogP contribution in [0.25, 0.3) is 6.08 Å². The normalized spacial score (nSPS) is 10.5. The number of hydrogen-bond acceptors (Lipinski definition) is 3. The maximum Gasteiger partial charge on any atom is 0.253 e. The van der Waals surface area contributed by atoms with E-state index in [4.69, 9.17) is 4.74 Å². The zero-order valence-corrected chi connectivity index (χ0v) is 14.4. The number of para-hydroxylation sites is 2. The molecule has 5 nitrogen and oxygen atoms in total.